The quantitative estimate of drug-likeness (QED) is 0.762. The molecule has 1 atom stereocenters. The van der Waals surface area contributed by atoms with Crippen molar-refractivity contribution in [1.29, 1.82) is 0 Å². The molecule has 1 aliphatic heterocycles. The van der Waals surface area contributed by atoms with Gasteiger partial charge < -0.3 is 10.1 Å². The van der Waals surface area contributed by atoms with E-state index in [1.807, 2.05) is 12.1 Å². The van der Waals surface area contributed by atoms with Crippen LogP contribution in [0.25, 0.3) is 0 Å². The summed E-state index contributed by atoms with van der Waals surface area (Å²) in [5.74, 6) is 0.674. The highest BCUT2D eigenvalue weighted by molar-refractivity contribution is 8.15. The predicted octanol–water partition coefficient (Wildman–Crippen LogP) is 1.93. The van der Waals surface area contributed by atoms with Crippen molar-refractivity contribution in [1.82, 2.24) is 20.6 Å². The first-order valence-corrected chi connectivity index (χ1v) is 9.51. The number of benzene rings is 1. The Labute approximate surface area is 166 Å². The van der Waals surface area contributed by atoms with Gasteiger partial charge in [-0.25, -0.2) is 9.97 Å². The summed E-state index contributed by atoms with van der Waals surface area (Å²) in [5.41, 5.74) is 2.67. The molecule has 0 saturated carbocycles. The Morgan fingerprint density at radius 1 is 1.32 bits per heavy atom. The highest BCUT2D eigenvalue weighted by Gasteiger charge is 2.31. The minimum absolute atomic E-state index is 0.242. The minimum Gasteiger partial charge on any atom is -0.496 e. The summed E-state index contributed by atoms with van der Waals surface area (Å²) < 4.78 is 5.37. The van der Waals surface area contributed by atoms with Gasteiger partial charge in [0, 0.05) is 18.3 Å². The largest absolute Gasteiger partial charge is 0.496 e. The van der Waals surface area contributed by atoms with Crippen LogP contribution in [0.2, 0.25) is 0 Å². The van der Waals surface area contributed by atoms with Gasteiger partial charge >= 0.3 is 0 Å². The molecule has 1 saturated heterocycles. The number of nitrogens with one attached hydrogen (secondary N) is 2. The van der Waals surface area contributed by atoms with Crippen molar-refractivity contribution in [2.45, 2.75) is 32.1 Å². The van der Waals surface area contributed by atoms with Crippen LogP contribution in [0.4, 0.5) is 4.79 Å². The van der Waals surface area contributed by atoms with Crippen molar-refractivity contribution in [3.63, 3.8) is 0 Å². The number of ether oxygens (including phenoxy) is 1. The lowest BCUT2D eigenvalue weighted by atomic mass is 10.0. The number of thioether (sulfide) groups is 1. The molecule has 8 nitrogen and oxygen atoms in total. The first kappa shape index (κ1) is 19.8. The molecular weight excluding hydrogens is 380 g/mol. The maximum absolute atomic E-state index is 12.5. The third kappa shape index (κ3) is 4.48. The van der Waals surface area contributed by atoms with Crippen LogP contribution < -0.4 is 15.4 Å². The fourth-order valence-corrected chi connectivity index (χ4v) is 3.78. The highest BCUT2D eigenvalue weighted by atomic mass is 32.2. The van der Waals surface area contributed by atoms with E-state index in [2.05, 4.69) is 20.6 Å². The van der Waals surface area contributed by atoms with E-state index >= 15 is 0 Å². The number of amides is 3. The maximum atomic E-state index is 12.5. The van der Waals surface area contributed by atoms with Crippen molar-refractivity contribution >= 4 is 28.8 Å². The van der Waals surface area contributed by atoms with Crippen molar-refractivity contribution in [2.24, 2.45) is 0 Å². The number of aryl methyl sites for hydroxylation is 2. The Morgan fingerprint density at radius 3 is 2.75 bits per heavy atom. The monoisotopic (exact) mass is 400 g/mol. The fourth-order valence-electron chi connectivity index (χ4n) is 2.92. The molecule has 1 fully saturated rings. The van der Waals surface area contributed by atoms with E-state index in [1.165, 1.54) is 6.20 Å². The Bertz CT molecular complexity index is 948. The van der Waals surface area contributed by atoms with Crippen molar-refractivity contribution in [2.75, 3.05) is 7.11 Å². The standard InChI is InChI=1S/C19H20N4O4S/c1-10-14(9-20-11(2)22-10)17(24)21-8-13-6-12(4-5-15(13)27-3)7-16-18(25)23-19(26)28-16/h4-6,9,16H,7-8H2,1-3H3,(H,21,24)(H,23,25,26). The SMILES string of the molecule is COc1ccc(CC2SC(=O)NC2=O)cc1CNC(=O)c1cnc(C)nc1C. The molecule has 9 heteroatoms. The van der Waals surface area contributed by atoms with Crippen LogP contribution in [-0.4, -0.2) is 39.4 Å². The van der Waals surface area contributed by atoms with Gasteiger partial charge in [-0.2, -0.15) is 0 Å². The molecular formula is C19H20N4O4S. The lowest BCUT2D eigenvalue weighted by Gasteiger charge is -2.13. The molecule has 1 aliphatic rings. The third-order valence-corrected chi connectivity index (χ3v) is 5.30. The first-order chi connectivity index (χ1) is 13.4. The normalized spacial score (nSPS) is 16.0. The van der Waals surface area contributed by atoms with Gasteiger partial charge in [0.2, 0.25) is 5.91 Å². The Hall–Kier alpha value is -2.94. The summed E-state index contributed by atoms with van der Waals surface area (Å²) in [5, 5.41) is 4.36. The zero-order valence-electron chi connectivity index (χ0n) is 15.7. The molecule has 3 rings (SSSR count). The van der Waals surface area contributed by atoms with Crippen LogP contribution in [0.1, 0.15) is 33.0 Å². The molecule has 28 heavy (non-hydrogen) atoms. The summed E-state index contributed by atoms with van der Waals surface area (Å²) in [6, 6.07) is 5.50. The van der Waals surface area contributed by atoms with E-state index in [0.717, 1.165) is 22.9 Å². The fraction of sp³-hybridized carbons (Fsp3) is 0.316. The van der Waals surface area contributed by atoms with E-state index in [-0.39, 0.29) is 23.6 Å². The van der Waals surface area contributed by atoms with Crippen molar-refractivity contribution in [3.05, 3.63) is 52.6 Å². The van der Waals surface area contributed by atoms with Gasteiger partial charge in [0.25, 0.3) is 11.1 Å². The minimum atomic E-state index is -0.448. The van der Waals surface area contributed by atoms with Crippen LogP contribution in [0.5, 0.6) is 5.75 Å². The average molecular weight is 400 g/mol. The van der Waals surface area contributed by atoms with Gasteiger partial charge in [-0.3, -0.25) is 19.7 Å². The van der Waals surface area contributed by atoms with E-state index < -0.39 is 5.25 Å². The number of carbonyl (C=O) groups is 3. The lowest BCUT2D eigenvalue weighted by Crippen LogP contribution is -2.26. The number of hydrogen-bond donors (Lipinski definition) is 2. The van der Waals surface area contributed by atoms with Crippen molar-refractivity contribution in [3.8, 4) is 5.75 Å². The van der Waals surface area contributed by atoms with Crippen LogP contribution in [0.3, 0.4) is 0 Å². The molecule has 2 N–H and O–H groups in total. The number of methoxy groups -OCH3 is 1. The molecule has 2 aromatic rings. The number of carbonyl (C=O) groups excluding carboxylic acids is 3. The molecule has 0 bridgehead atoms. The Balaban J connectivity index is 1.72. The number of aromatic nitrogens is 2. The predicted molar refractivity (Wildman–Crippen MR) is 104 cm³/mol. The number of hydrogen-bond acceptors (Lipinski definition) is 7. The molecule has 1 aromatic carbocycles. The second-order valence-corrected chi connectivity index (χ2v) is 7.51. The van der Waals surface area contributed by atoms with Crippen LogP contribution in [0, 0.1) is 13.8 Å². The zero-order chi connectivity index (χ0) is 20.3. The van der Waals surface area contributed by atoms with Gasteiger partial charge in [0.15, 0.2) is 0 Å². The second kappa shape index (κ2) is 8.39. The smallest absolute Gasteiger partial charge is 0.286 e. The van der Waals surface area contributed by atoms with Gasteiger partial charge in [-0.05, 0) is 31.9 Å². The maximum Gasteiger partial charge on any atom is 0.286 e. The zero-order valence-corrected chi connectivity index (χ0v) is 16.6. The van der Waals surface area contributed by atoms with Crippen LogP contribution in [0.15, 0.2) is 24.4 Å². The van der Waals surface area contributed by atoms with E-state index in [1.54, 1.807) is 27.0 Å². The third-order valence-electron chi connectivity index (χ3n) is 4.32. The summed E-state index contributed by atoms with van der Waals surface area (Å²) in [4.78, 5) is 43.9. The van der Waals surface area contributed by atoms with Gasteiger partial charge in [0.1, 0.15) is 11.6 Å². The van der Waals surface area contributed by atoms with Crippen molar-refractivity contribution < 1.29 is 19.1 Å². The van der Waals surface area contributed by atoms with Crippen LogP contribution in [-0.2, 0) is 17.8 Å². The summed E-state index contributed by atoms with van der Waals surface area (Å²) in [6.07, 6.45) is 1.92. The van der Waals surface area contributed by atoms with Gasteiger partial charge in [-0.15, -0.1) is 0 Å². The average Bonchev–Trinajstić information content (AvgIpc) is 2.96. The Kier molecular flexibility index (Phi) is 5.93. The summed E-state index contributed by atoms with van der Waals surface area (Å²) in [7, 11) is 1.55. The number of rotatable bonds is 6. The lowest BCUT2D eigenvalue weighted by molar-refractivity contribution is -0.118. The van der Waals surface area contributed by atoms with E-state index in [0.29, 0.717) is 29.3 Å². The molecule has 1 unspecified atom stereocenters. The topological polar surface area (TPSA) is 110 Å². The van der Waals surface area contributed by atoms with Crippen LogP contribution >= 0.6 is 11.8 Å². The first-order valence-electron chi connectivity index (χ1n) is 8.63. The second-order valence-electron chi connectivity index (χ2n) is 6.33. The number of imide groups is 1. The molecule has 2 heterocycles. The molecule has 0 radical (unpaired) electrons. The van der Waals surface area contributed by atoms with Gasteiger partial charge in [0.05, 0.1) is 23.6 Å². The molecule has 0 aliphatic carbocycles. The highest BCUT2D eigenvalue weighted by Crippen LogP contribution is 2.26. The molecule has 1 aromatic heterocycles. The van der Waals surface area contributed by atoms with E-state index in [9.17, 15) is 14.4 Å². The number of nitrogens with zero attached hydrogens (tertiary/aromatic N) is 2. The van der Waals surface area contributed by atoms with Gasteiger partial charge in [-0.1, -0.05) is 23.9 Å². The Morgan fingerprint density at radius 2 is 2.11 bits per heavy atom. The summed E-state index contributed by atoms with van der Waals surface area (Å²) in [6.45, 7) is 3.77. The molecule has 146 valence electrons. The summed E-state index contributed by atoms with van der Waals surface area (Å²) >= 11 is 0.988. The van der Waals surface area contributed by atoms with E-state index in [4.69, 9.17) is 4.74 Å². The molecule has 0 spiro atoms. The molecule has 3 amide bonds.